The summed E-state index contributed by atoms with van der Waals surface area (Å²) in [6, 6.07) is 18.5. The van der Waals surface area contributed by atoms with E-state index in [2.05, 4.69) is 25.4 Å². The second kappa shape index (κ2) is 18.5. The van der Waals surface area contributed by atoms with Gasteiger partial charge in [-0.15, -0.1) is 0 Å². The van der Waals surface area contributed by atoms with Crippen LogP contribution in [0.5, 0.6) is 5.75 Å². The van der Waals surface area contributed by atoms with Crippen LogP contribution >= 0.6 is 0 Å². The van der Waals surface area contributed by atoms with E-state index in [1.165, 1.54) is 6.07 Å². The number of ether oxygens (including phenoxy) is 1. The molecule has 3 aromatic carbocycles. The second-order valence-electron chi connectivity index (χ2n) is 17.9. The van der Waals surface area contributed by atoms with Crippen LogP contribution in [0.3, 0.4) is 0 Å². The predicted octanol–water partition coefficient (Wildman–Crippen LogP) is 5.91. The molecule has 1 saturated carbocycles. The SMILES string of the molecule is C[C@@H](C(=O)Nc1cccc(OC2CCN(C(=O)CCN3CCN(c4ccc5c(c4)C(=O)N(C4CCC(=O)NC4=O)C5=O)CC3)CC2)c1)[C@H]1CC[C@@H](c2ccnc3ccc(F)cc32)CC1. The molecule has 2 atom stereocenters. The van der Waals surface area contributed by atoms with E-state index in [1.54, 1.807) is 30.5 Å². The third kappa shape index (κ3) is 9.08. The molecule has 0 radical (unpaired) electrons. The molecular formula is C49H54FN7O7. The molecule has 15 heteroatoms. The van der Waals surface area contributed by atoms with Gasteiger partial charge < -0.3 is 19.9 Å². The lowest BCUT2D eigenvalue weighted by molar-refractivity contribution is -0.136. The molecule has 64 heavy (non-hydrogen) atoms. The number of amides is 6. The van der Waals surface area contributed by atoms with Crippen LogP contribution in [-0.4, -0.2) is 113 Å². The zero-order valence-corrected chi connectivity index (χ0v) is 36.1. The van der Waals surface area contributed by atoms with Gasteiger partial charge in [0.05, 0.1) is 16.6 Å². The van der Waals surface area contributed by atoms with Crippen molar-refractivity contribution in [2.75, 3.05) is 56.0 Å². The van der Waals surface area contributed by atoms with E-state index >= 15 is 0 Å². The first-order valence-electron chi connectivity index (χ1n) is 22.7. The van der Waals surface area contributed by atoms with E-state index in [1.807, 2.05) is 48.2 Å². The molecule has 14 nitrogen and oxygen atoms in total. The zero-order valence-electron chi connectivity index (χ0n) is 36.1. The highest BCUT2D eigenvalue weighted by atomic mass is 19.1. The van der Waals surface area contributed by atoms with Gasteiger partial charge in [-0.25, -0.2) is 4.39 Å². The Morgan fingerprint density at radius 3 is 2.38 bits per heavy atom. The first kappa shape index (κ1) is 43.1. The van der Waals surface area contributed by atoms with Gasteiger partial charge in [0.2, 0.25) is 23.6 Å². The number of piperidine rings is 2. The minimum Gasteiger partial charge on any atom is -0.490 e. The van der Waals surface area contributed by atoms with Gasteiger partial charge in [-0.2, -0.15) is 0 Å². The van der Waals surface area contributed by atoms with Gasteiger partial charge in [0.1, 0.15) is 23.7 Å². The Bertz CT molecular complexity index is 2470. The van der Waals surface area contributed by atoms with Crippen molar-refractivity contribution in [2.24, 2.45) is 11.8 Å². The van der Waals surface area contributed by atoms with E-state index in [9.17, 15) is 33.2 Å². The Hall–Kier alpha value is -6.22. The lowest BCUT2D eigenvalue weighted by Gasteiger charge is -2.37. The van der Waals surface area contributed by atoms with Crippen LogP contribution in [0.4, 0.5) is 15.8 Å². The summed E-state index contributed by atoms with van der Waals surface area (Å²) in [6.07, 6.45) is 7.51. The molecule has 5 aliphatic rings. The number of carbonyl (C=O) groups is 6. The van der Waals surface area contributed by atoms with Gasteiger partial charge in [0.15, 0.2) is 0 Å². The van der Waals surface area contributed by atoms with Crippen LogP contribution in [0.15, 0.2) is 72.9 Å². The molecular weight excluding hydrogens is 818 g/mol. The van der Waals surface area contributed by atoms with Crippen LogP contribution in [0.2, 0.25) is 0 Å². The highest BCUT2D eigenvalue weighted by Gasteiger charge is 2.45. The molecule has 6 amide bonds. The van der Waals surface area contributed by atoms with Crippen molar-refractivity contribution in [3.05, 3.63) is 95.4 Å². The molecule has 4 fully saturated rings. The maximum Gasteiger partial charge on any atom is 0.262 e. The number of nitrogens with zero attached hydrogens (tertiary/aromatic N) is 5. The number of piperazine rings is 1. The number of imide groups is 2. The zero-order chi connectivity index (χ0) is 44.5. The Morgan fingerprint density at radius 2 is 1.61 bits per heavy atom. The third-order valence-electron chi connectivity index (χ3n) is 14.1. The molecule has 1 unspecified atom stereocenters. The van der Waals surface area contributed by atoms with Crippen molar-refractivity contribution < 1.29 is 37.9 Å². The van der Waals surface area contributed by atoms with E-state index in [-0.39, 0.29) is 59.5 Å². The predicted molar refractivity (Wildman–Crippen MR) is 237 cm³/mol. The summed E-state index contributed by atoms with van der Waals surface area (Å²) >= 11 is 0. The van der Waals surface area contributed by atoms with Gasteiger partial charge in [-0.3, -0.25) is 48.9 Å². The quantitative estimate of drug-likeness (QED) is 0.174. The van der Waals surface area contributed by atoms with Crippen LogP contribution in [0.1, 0.15) is 96.9 Å². The summed E-state index contributed by atoms with van der Waals surface area (Å²) in [5.41, 5.74) is 3.98. The van der Waals surface area contributed by atoms with Gasteiger partial charge in [-0.1, -0.05) is 13.0 Å². The van der Waals surface area contributed by atoms with Gasteiger partial charge in [0.25, 0.3) is 11.8 Å². The number of rotatable bonds is 11. The van der Waals surface area contributed by atoms with Gasteiger partial charge in [-0.05, 0) is 104 Å². The fourth-order valence-corrected chi connectivity index (χ4v) is 10.3. The first-order valence-corrected chi connectivity index (χ1v) is 22.7. The number of fused-ring (bicyclic) bond motifs is 2. The summed E-state index contributed by atoms with van der Waals surface area (Å²) < 4.78 is 20.4. The van der Waals surface area contributed by atoms with Crippen LogP contribution in [0, 0.1) is 17.7 Å². The average molecular weight is 872 g/mol. The number of benzene rings is 3. The number of pyridine rings is 1. The van der Waals surface area contributed by atoms with Crippen molar-refractivity contribution in [1.82, 2.24) is 25.0 Å². The molecule has 4 aliphatic heterocycles. The Balaban J connectivity index is 0.687. The molecule has 2 N–H and O–H groups in total. The molecule has 334 valence electrons. The normalized spacial score (nSPS) is 22.7. The number of carbonyl (C=O) groups excluding carboxylic acids is 6. The van der Waals surface area contributed by atoms with Crippen molar-refractivity contribution in [2.45, 2.75) is 82.8 Å². The van der Waals surface area contributed by atoms with E-state index in [0.29, 0.717) is 69.3 Å². The fourth-order valence-electron chi connectivity index (χ4n) is 10.3. The molecule has 9 rings (SSSR count). The summed E-state index contributed by atoms with van der Waals surface area (Å²) in [5.74, 6) is -1.13. The van der Waals surface area contributed by atoms with E-state index in [4.69, 9.17) is 4.74 Å². The molecule has 0 bridgehead atoms. The molecule has 1 aromatic heterocycles. The topological polar surface area (TPSA) is 162 Å². The maximum absolute atomic E-state index is 14.1. The number of hydrogen-bond donors (Lipinski definition) is 2. The van der Waals surface area contributed by atoms with Crippen molar-refractivity contribution in [1.29, 1.82) is 0 Å². The number of anilines is 2. The van der Waals surface area contributed by atoms with Crippen LogP contribution < -0.4 is 20.3 Å². The van der Waals surface area contributed by atoms with E-state index < -0.39 is 29.7 Å². The summed E-state index contributed by atoms with van der Waals surface area (Å²) in [4.78, 5) is 88.9. The smallest absolute Gasteiger partial charge is 0.262 e. The lowest BCUT2D eigenvalue weighted by Crippen LogP contribution is -2.54. The average Bonchev–Trinajstić information content (AvgIpc) is 3.55. The minimum absolute atomic E-state index is 0.0113. The standard InChI is InChI=1S/C49H54FN7O7/c1-30(31-5-7-32(8-6-31)38-15-19-51-42-12-9-33(50)27-40(38)42)46(60)52-34-3-2-4-37(28-34)64-36-16-21-56(22-17-36)45(59)18-20-54-23-25-55(26-24-54)35-10-11-39-41(29-35)49(63)57(48(39)62)43-13-14-44(58)53-47(43)61/h2-4,9-12,15,19,27-32,36,43H,5-8,13-14,16-18,20-26H2,1H3,(H,52,60)(H,53,58,61)/t30-,31-,32+,43?/m1/s1. The Kier molecular flexibility index (Phi) is 12.4. The maximum atomic E-state index is 14.1. The van der Waals surface area contributed by atoms with Crippen LogP contribution in [-0.2, 0) is 19.2 Å². The highest BCUT2D eigenvalue weighted by Crippen LogP contribution is 2.41. The van der Waals surface area contributed by atoms with Crippen molar-refractivity contribution >= 4 is 57.7 Å². The first-order chi connectivity index (χ1) is 31.0. The second-order valence-corrected chi connectivity index (χ2v) is 17.9. The molecule has 5 heterocycles. The van der Waals surface area contributed by atoms with Crippen molar-refractivity contribution in [3.8, 4) is 5.75 Å². The number of aromatic nitrogens is 1. The fraction of sp³-hybridized carbons (Fsp3) is 0.449. The largest absolute Gasteiger partial charge is 0.490 e. The number of halogens is 1. The number of nitrogens with one attached hydrogen (secondary N) is 2. The lowest BCUT2D eigenvalue weighted by atomic mass is 9.73. The summed E-state index contributed by atoms with van der Waals surface area (Å²) in [6.45, 7) is 6.73. The number of likely N-dealkylation sites (tertiary alicyclic amines) is 1. The summed E-state index contributed by atoms with van der Waals surface area (Å²) in [5, 5.41) is 6.22. The Morgan fingerprint density at radius 1 is 0.844 bits per heavy atom. The van der Waals surface area contributed by atoms with E-state index in [0.717, 1.165) is 65.8 Å². The van der Waals surface area contributed by atoms with Crippen LogP contribution in [0.25, 0.3) is 10.9 Å². The number of hydrogen-bond acceptors (Lipinski definition) is 10. The van der Waals surface area contributed by atoms with Crippen molar-refractivity contribution in [3.63, 3.8) is 0 Å². The molecule has 0 spiro atoms. The monoisotopic (exact) mass is 871 g/mol. The van der Waals surface area contributed by atoms with Gasteiger partial charge in [0, 0.05) is 106 Å². The summed E-state index contributed by atoms with van der Waals surface area (Å²) in [7, 11) is 0. The molecule has 3 saturated heterocycles. The third-order valence-corrected chi connectivity index (χ3v) is 14.1. The Labute approximate surface area is 371 Å². The molecule has 1 aliphatic carbocycles. The highest BCUT2D eigenvalue weighted by molar-refractivity contribution is 6.23. The minimum atomic E-state index is -1.00. The van der Waals surface area contributed by atoms with Gasteiger partial charge >= 0.3 is 0 Å². The molecule has 4 aromatic rings.